The largest absolute Gasteiger partial charge is 0.310 e. The molecule has 0 aromatic heterocycles. The van der Waals surface area contributed by atoms with E-state index in [0.717, 1.165) is 17.1 Å². The summed E-state index contributed by atoms with van der Waals surface area (Å²) in [5, 5.41) is 2.42. The van der Waals surface area contributed by atoms with Crippen LogP contribution < -0.4 is 4.90 Å². The van der Waals surface area contributed by atoms with E-state index in [1.54, 1.807) is 0 Å². The molecule has 1 atom stereocenters. The summed E-state index contributed by atoms with van der Waals surface area (Å²) in [5.74, 6) is 0. The Morgan fingerprint density at radius 3 is 1.58 bits per heavy atom. The molecule has 0 aliphatic heterocycles. The third-order valence-electron chi connectivity index (χ3n) is 13.8. The van der Waals surface area contributed by atoms with Crippen molar-refractivity contribution in [3.63, 3.8) is 0 Å². The van der Waals surface area contributed by atoms with Crippen molar-refractivity contribution >= 4 is 27.8 Å². The Bertz CT molecular complexity index is 3250. The molecule has 2 aliphatic carbocycles. The van der Waals surface area contributed by atoms with E-state index in [0.29, 0.717) is 0 Å². The lowest BCUT2D eigenvalue weighted by molar-refractivity contribution is 0.714. The maximum Gasteiger partial charge on any atom is 0.0714 e. The molecule has 0 bridgehead atoms. The van der Waals surface area contributed by atoms with Crippen LogP contribution in [0.1, 0.15) is 45.9 Å². The first-order valence-corrected chi connectivity index (χ1v) is 21.7. The third-order valence-corrected chi connectivity index (χ3v) is 13.8. The van der Waals surface area contributed by atoms with Gasteiger partial charge in [0.15, 0.2) is 0 Å². The molecule has 12 rings (SSSR count). The number of anilines is 3. The van der Waals surface area contributed by atoms with Gasteiger partial charge in [-0.25, -0.2) is 0 Å². The summed E-state index contributed by atoms with van der Waals surface area (Å²) in [6.07, 6.45) is 0. The summed E-state index contributed by atoms with van der Waals surface area (Å²) in [6.45, 7) is 2.39. The smallest absolute Gasteiger partial charge is 0.0714 e. The number of benzene rings is 10. The second kappa shape index (κ2) is 14.2. The zero-order chi connectivity index (χ0) is 41.3. The minimum atomic E-state index is -0.503. The topological polar surface area (TPSA) is 3.24 Å². The van der Waals surface area contributed by atoms with Gasteiger partial charge in [-0.2, -0.15) is 0 Å². The molecule has 292 valence electrons. The van der Waals surface area contributed by atoms with Gasteiger partial charge in [-0.05, 0) is 115 Å². The van der Waals surface area contributed by atoms with Crippen molar-refractivity contribution in [3.8, 4) is 33.4 Å². The highest BCUT2D eigenvalue weighted by Gasteiger charge is 2.46. The lowest BCUT2D eigenvalue weighted by atomic mass is 9.67. The Hall–Kier alpha value is -7.74. The molecule has 0 radical (unpaired) electrons. The van der Waals surface area contributed by atoms with E-state index in [9.17, 15) is 0 Å². The van der Waals surface area contributed by atoms with E-state index < -0.39 is 5.41 Å². The Balaban J connectivity index is 1.06. The number of rotatable bonds is 7. The summed E-state index contributed by atoms with van der Waals surface area (Å²) in [5.41, 5.74) is 19.4. The van der Waals surface area contributed by atoms with Gasteiger partial charge in [-0.1, -0.05) is 212 Å². The first-order chi connectivity index (χ1) is 30.7. The summed E-state index contributed by atoms with van der Waals surface area (Å²) in [4.78, 5) is 2.47. The van der Waals surface area contributed by atoms with E-state index >= 15 is 0 Å². The van der Waals surface area contributed by atoms with Crippen molar-refractivity contribution < 1.29 is 0 Å². The van der Waals surface area contributed by atoms with Gasteiger partial charge >= 0.3 is 0 Å². The van der Waals surface area contributed by atoms with Gasteiger partial charge in [0, 0.05) is 22.2 Å². The van der Waals surface area contributed by atoms with Crippen molar-refractivity contribution in [1.82, 2.24) is 0 Å². The SMILES string of the molecule is CC1(c2ccccc2)c2ccccc2-c2c(-c3ccc(N(c4ccc5c(c4)C(c4ccccc4)(c4ccccc4)c4ccccc4-5)c4cccc5ccccc45)cc3)cccc21. The highest BCUT2D eigenvalue weighted by atomic mass is 15.1. The Morgan fingerprint density at radius 1 is 0.339 bits per heavy atom. The van der Waals surface area contributed by atoms with E-state index in [1.165, 1.54) is 83.1 Å². The molecule has 10 aromatic rings. The fourth-order valence-electron chi connectivity index (χ4n) is 11.1. The van der Waals surface area contributed by atoms with Crippen LogP contribution in [0, 0.1) is 0 Å². The second-order valence-corrected chi connectivity index (χ2v) is 16.9. The van der Waals surface area contributed by atoms with Gasteiger partial charge in [-0.3, -0.25) is 0 Å². The predicted octanol–water partition coefficient (Wildman–Crippen LogP) is 15.7. The molecule has 0 spiro atoms. The molecular formula is C61H43N. The Labute approximate surface area is 363 Å². The molecule has 0 N–H and O–H groups in total. The third kappa shape index (κ3) is 5.22. The lowest BCUT2D eigenvalue weighted by Gasteiger charge is -2.35. The first-order valence-electron chi connectivity index (χ1n) is 21.7. The van der Waals surface area contributed by atoms with Gasteiger partial charge in [0.05, 0.1) is 11.1 Å². The average molecular weight is 790 g/mol. The Morgan fingerprint density at radius 2 is 0.855 bits per heavy atom. The van der Waals surface area contributed by atoms with E-state index in [1.807, 2.05) is 0 Å². The minimum absolute atomic E-state index is 0.254. The Kier molecular flexibility index (Phi) is 8.27. The fraction of sp³-hybridized carbons (Fsp3) is 0.0492. The quantitative estimate of drug-likeness (QED) is 0.155. The standard InChI is InChI=1S/C61H43N/c1-60(44-21-5-2-6-22-44)54-31-15-14-29-53(54)59-50(30-18-33-56(59)60)43-35-37-47(38-36-43)62(58-34-17-20-42-19-11-12-27-49(42)58)48-39-40-52-51-28-13-16-32-55(51)61(57(52)41-48,45-23-7-3-8-24-45)46-25-9-4-10-26-46/h2-41H,1H3. The maximum atomic E-state index is 2.47. The van der Waals surface area contributed by atoms with Crippen LogP contribution in [-0.4, -0.2) is 0 Å². The first kappa shape index (κ1) is 36.1. The van der Waals surface area contributed by atoms with Crippen molar-refractivity contribution in [2.45, 2.75) is 17.8 Å². The van der Waals surface area contributed by atoms with Crippen LogP contribution in [0.4, 0.5) is 17.1 Å². The van der Waals surface area contributed by atoms with Crippen LogP contribution >= 0.6 is 0 Å². The van der Waals surface area contributed by atoms with Crippen LogP contribution in [0.15, 0.2) is 243 Å². The molecule has 1 unspecified atom stereocenters. The number of hydrogen-bond acceptors (Lipinski definition) is 1. The molecule has 1 nitrogen and oxygen atoms in total. The van der Waals surface area contributed by atoms with Crippen molar-refractivity contribution in [2.75, 3.05) is 4.90 Å². The molecule has 62 heavy (non-hydrogen) atoms. The zero-order valence-electron chi connectivity index (χ0n) is 34.5. The van der Waals surface area contributed by atoms with E-state index in [-0.39, 0.29) is 5.41 Å². The van der Waals surface area contributed by atoms with Crippen LogP contribution in [0.5, 0.6) is 0 Å². The summed E-state index contributed by atoms with van der Waals surface area (Å²) < 4.78 is 0. The van der Waals surface area contributed by atoms with Gasteiger partial charge in [-0.15, -0.1) is 0 Å². The highest BCUT2D eigenvalue weighted by Crippen LogP contribution is 2.58. The highest BCUT2D eigenvalue weighted by molar-refractivity contribution is 6.00. The molecule has 0 saturated carbocycles. The van der Waals surface area contributed by atoms with E-state index in [4.69, 9.17) is 0 Å². The molecular weight excluding hydrogens is 747 g/mol. The molecule has 0 amide bonds. The minimum Gasteiger partial charge on any atom is -0.310 e. The molecule has 0 saturated heterocycles. The molecule has 1 heteroatoms. The van der Waals surface area contributed by atoms with Gasteiger partial charge in [0.2, 0.25) is 0 Å². The number of fused-ring (bicyclic) bond motifs is 7. The van der Waals surface area contributed by atoms with Crippen LogP contribution in [-0.2, 0) is 10.8 Å². The summed E-state index contributed by atoms with van der Waals surface area (Å²) in [6, 6.07) is 89.8. The molecule has 0 heterocycles. The number of nitrogens with zero attached hydrogens (tertiary/aromatic N) is 1. The molecule has 2 aliphatic rings. The van der Waals surface area contributed by atoms with Crippen molar-refractivity contribution in [2.24, 2.45) is 0 Å². The van der Waals surface area contributed by atoms with Gasteiger partial charge in [0.1, 0.15) is 0 Å². The molecule has 10 aromatic carbocycles. The van der Waals surface area contributed by atoms with Gasteiger partial charge < -0.3 is 4.90 Å². The fourth-order valence-corrected chi connectivity index (χ4v) is 11.1. The van der Waals surface area contributed by atoms with Crippen LogP contribution in [0.3, 0.4) is 0 Å². The van der Waals surface area contributed by atoms with Crippen molar-refractivity contribution in [3.05, 3.63) is 282 Å². The predicted molar refractivity (Wildman–Crippen MR) is 259 cm³/mol. The zero-order valence-corrected chi connectivity index (χ0v) is 34.5. The monoisotopic (exact) mass is 789 g/mol. The molecule has 0 fully saturated rings. The second-order valence-electron chi connectivity index (χ2n) is 16.9. The van der Waals surface area contributed by atoms with Gasteiger partial charge in [0.25, 0.3) is 0 Å². The lowest BCUT2D eigenvalue weighted by Crippen LogP contribution is -2.28. The van der Waals surface area contributed by atoms with Crippen molar-refractivity contribution in [1.29, 1.82) is 0 Å². The summed E-state index contributed by atoms with van der Waals surface area (Å²) >= 11 is 0. The number of hydrogen-bond donors (Lipinski definition) is 0. The van der Waals surface area contributed by atoms with E-state index in [2.05, 4.69) is 254 Å². The van der Waals surface area contributed by atoms with Crippen LogP contribution in [0.25, 0.3) is 44.2 Å². The summed E-state index contributed by atoms with van der Waals surface area (Å²) in [7, 11) is 0. The maximum absolute atomic E-state index is 2.47. The van der Waals surface area contributed by atoms with Crippen LogP contribution in [0.2, 0.25) is 0 Å². The normalized spacial score (nSPS) is 15.4. The average Bonchev–Trinajstić information content (AvgIpc) is 3.80.